The third-order valence-electron chi connectivity index (χ3n) is 3.33. The molecule has 2 heterocycles. The van der Waals surface area contributed by atoms with Gasteiger partial charge < -0.3 is 23.9 Å². The van der Waals surface area contributed by atoms with Crippen LogP contribution in [0.25, 0.3) is 0 Å². The van der Waals surface area contributed by atoms with Crippen LogP contribution in [0, 0.1) is 0 Å². The van der Waals surface area contributed by atoms with Gasteiger partial charge in [0.05, 0.1) is 12.0 Å². The molecule has 0 amide bonds. The lowest BCUT2D eigenvalue weighted by atomic mass is 10.2. The van der Waals surface area contributed by atoms with Gasteiger partial charge in [0.2, 0.25) is 0 Å². The van der Waals surface area contributed by atoms with Gasteiger partial charge in [-0.2, -0.15) is 0 Å². The van der Waals surface area contributed by atoms with Crippen LogP contribution in [-0.4, -0.2) is 17.7 Å². The van der Waals surface area contributed by atoms with Crippen LogP contribution < -0.4 is 10.1 Å². The average molecular weight is 343 g/mol. The maximum Gasteiger partial charge on any atom is 0.350 e. The van der Waals surface area contributed by atoms with Gasteiger partial charge in [-0.3, -0.25) is 0 Å². The molecule has 1 fully saturated rings. The molecule has 0 radical (unpaired) electrons. The van der Waals surface area contributed by atoms with E-state index in [0.717, 1.165) is 0 Å². The molecule has 0 atom stereocenters. The molecule has 0 unspecified atom stereocenters. The number of esters is 2. The van der Waals surface area contributed by atoms with Crippen LogP contribution in [0.3, 0.4) is 0 Å². The van der Waals surface area contributed by atoms with Crippen molar-refractivity contribution < 1.29 is 28.2 Å². The van der Waals surface area contributed by atoms with E-state index in [1.807, 2.05) is 0 Å². The third kappa shape index (κ3) is 4.00. The van der Waals surface area contributed by atoms with Crippen LogP contribution in [0.4, 0.5) is 5.69 Å². The van der Waals surface area contributed by atoms with Crippen LogP contribution in [0.15, 0.2) is 58.9 Å². The number of furan rings is 1. The summed E-state index contributed by atoms with van der Waals surface area (Å²) in [6, 6.07) is 10.7. The number of hydrogen-bond donors (Lipinski definition) is 1. The Morgan fingerprint density at radius 3 is 2.48 bits per heavy atom. The van der Waals surface area contributed by atoms with Crippen molar-refractivity contribution in [2.45, 2.75) is 26.2 Å². The molecule has 1 aromatic carbocycles. The summed E-state index contributed by atoms with van der Waals surface area (Å²) in [4.78, 5) is 23.9. The Balaban J connectivity index is 1.72. The highest BCUT2D eigenvalue weighted by molar-refractivity contribution is 6.15. The number of carbonyl (C=O) groups is 2. The number of hydrogen-bond acceptors (Lipinski definition) is 7. The lowest BCUT2D eigenvalue weighted by molar-refractivity contribution is -0.222. The topological polar surface area (TPSA) is 87.0 Å². The lowest BCUT2D eigenvalue weighted by Crippen LogP contribution is -2.42. The summed E-state index contributed by atoms with van der Waals surface area (Å²) in [6.45, 7) is 3.23. The van der Waals surface area contributed by atoms with Gasteiger partial charge in [0.1, 0.15) is 18.1 Å². The number of nitrogens with one attached hydrogen (secondary N) is 1. The quantitative estimate of drug-likeness (QED) is 0.507. The Kier molecular flexibility index (Phi) is 4.47. The minimum absolute atomic E-state index is 0.222. The standard InChI is InChI=1S/C18H17NO6/c1-18(2)24-16(20)13(17(21)25-18)10-19-14-7-3-4-8-15(14)23-11-12-6-5-9-22-12/h3-10,19H,11H2,1-2H3. The van der Waals surface area contributed by atoms with Crippen LogP contribution >= 0.6 is 0 Å². The predicted molar refractivity (Wildman–Crippen MR) is 87.5 cm³/mol. The molecule has 0 aliphatic carbocycles. The van der Waals surface area contributed by atoms with E-state index >= 15 is 0 Å². The fourth-order valence-corrected chi connectivity index (χ4v) is 2.18. The van der Waals surface area contributed by atoms with Crippen LogP contribution in [0.5, 0.6) is 5.75 Å². The minimum Gasteiger partial charge on any atom is -0.483 e. The molecule has 2 aromatic rings. The summed E-state index contributed by atoms with van der Waals surface area (Å²) < 4.78 is 21.0. The summed E-state index contributed by atoms with van der Waals surface area (Å²) >= 11 is 0. The van der Waals surface area contributed by atoms with E-state index in [9.17, 15) is 9.59 Å². The first-order chi connectivity index (χ1) is 11.9. The first kappa shape index (κ1) is 16.6. The maximum absolute atomic E-state index is 11.9. The zero-order valence-corrected chi connectivity index (χ0v) is 13.8. The molecule has 7 nitrogen and oxygen atoms in total. The van der Waals surface area contributed by atoms with Crippen molar-refractivity contribution in [3.05, 3.63) is 60.2 Å². The minimum atomic E-state index is -1.27. The molecule has 130 valence electrons. The van der Waals surface area contributed by atoms with Gasteiger partial charge >= 0.3 is 11.9 Å². The fourth-order valence-electron chi connectivity index (χ4n) is 2.18. The highest BCUT2D eigenvalue weighted by Crippen LogP contribution is 2.27. The molecule has 0 bridgehead atoms. The molecular weight excluding hydrogens is 326 g/mol. The van der Waals surface area contributed by atoms with E-state index in [4.69, 9.17) is 18.6 Å². The zero-order valence-electron chi connectivity index (χ0n) is 13.8. The van der Waals surface area contributed by atoms with Crippen molar-refractivity contribution in [2.75, 3.05) is 5.32 Å². The summed E-state index contributed by atoms with van der Waals surface area (Å²) in [6.07, 6.45) is 2.81. The molecule has 25 heavy (non-hydrogen) atoms. The van der Waals surface area contributed by atoms with E-state index in [0.29, 0.717) is 17.2 Å². The predicted octanol–water partition coefficient (Wildman–Crippen LogP) is 2.99. The highest BCUT2D eigenvalue weighted by Gasteiger charge is 2.38. The number of anilines is 1. The molecular formula is C18H17NO6. The number of carbonyl (C=O) groups excluding carboxylic acids is 2. The van der Waals surface area contributed by atoms with Gasteiger partial charge in [0.25, 0.3) is 5.79 Å². The summed E-state index contributed by atoms with van der Waals surface area (Å²) in [7, 11) is 0. The van der Waals surface area contributed by atoms with Gasteiger partial charge in [-0.25, -0.2) is 9.59 Å². The third-order valence-corrected chi connectivity index (χ3v) is 3.33. The highest BCUT2D eigenvalue weighted by atomic mass is 16.7. The van der Waals surface area contributed by atoms with Crippen molar-refractivity contribution in [1.29, 1.82) is 0 Å². The fraction of sp³-hybridized carbons (Fsp3) is 0.222. The Hall–Kier alpha value is -3.22. The van der Waals surface area contributed by atoms with Crippen molar-refractivity contribution >= 4 is 17.6 Å². The van der Waals surface area contributed by atoms with Crippen LogP contribution in [0.1, 0.15) is 19.6 Å². The largest absolute Gasteiger partial charge is 0.483 e. The first-order valence-electron chi connectivity index (χ1n) is 7.62. The van der Waals surface area contributed by atoms with E-state index in [1.165, 1.54) is 20.0 Å². The van der Waals surface area contributed by atoms with Gasteiger partial charge in [0, 0.05) is 20.0 Å². The second kappa shape index (κ2) is 6.72. The molecule has 0 spiro atoms. The smallest absolute Gasteiger partial charge is 0.350 e. The number of para-hydroxylation sites is 2. The van der Waals surface area contributed by atoms with Gasteiger partial charge in [-0.15, -0.1) is 0 Å². The summed E-state index contributed by atoms with van der Waals surface area (Å²) in [5, 5.41) is 2.88. The molecule has 0 saturated carbocycles. The molecule has 1 aliphatic rings. The molecule has 1 aliphatic heterocycles. The normalized spacial score (nSPS) is 16.0. The second-order valence-corrected chi connectivity index (χ2v) is 5.75. The SMILES string of the molecule is CC1(C)OC(=O)C(=CNc2ccccc2OCc2ccco2)C(=O)O1. The number of benzene rings is 1. The van der Waals surface area contributed by atoms with Crippen molar-refractivity contribution in [3.63, 3.8) is 0 Å². The van der Waals surface area contributed by atoms with Gasteiger partial charge in [0.15, 0.2) is 5.57 Å². The maximum atomic E-state index is 11.9. The van der Waals surface area contributed by atoms with Crippen LogP contribution in [-0.2, 0) is 25.7 Å². The van der Waals surface area contributed by atoms with Crippen molar-refractivity contribution in [2.24, 2.45) is 0 Å². The van der Waals surface area contributed by atoms with Crippen molar-refractivity contribution in [1.82, 2.24) is 0 Å². The molecule has 3 rings (SSSR count). The van der Waals surface area contributed by atoms with E-state index in [-0.39, 0.29) is 12.2 Å². The van der Waals surface area contributed by atoms with Gasteiger partial charge in [-0.05, 0) is 24.3 Å². The van der Waals surface area contributed by atoms with Gasteiger partial charge in [-0.1, -0.05) is 12.1 Å². The van der Waals surface area contributed by atoms with E-state index in [2.05, 4.69) is 5.32 Å². The monoisotopic (exact) mass is 343 g/mol. The van der Waals surface area contributed by atoms with Crippen molar-refractivity contribution in [3.8, 4) is 5.75 Å². The summed E-state index contributed by atoms with van der Waals surface area (Å²) in [5.74, 6) is -1.55. The number of ether oxygens (including phenoxy) is 3. The summed E-state index contributed by atoms with van der Waals surface area (Å²) in [5.41, 5.74) is 0.354. The Morgan fingerprint density at radius 1 is 1.08 bits per heavy atom. The molecule has 1 N–H and O–H groups in total. The zero-order chi connectivity index (χ0) is 17.9. The molecule has 1 saturated heterocycles. The Labute approximate surface area is 144 Å². The molecule has 1 aromatic heterocycles. The average Bonchev–Trinajstić information content (AvgIpc) is 3.05. The Morgan fingerprint density at radius 2 is 1.80 bits per heavy atom. The Bertz CT molecular complexity index is 785. The number of cyclic esters (lactones) is 2. The van der Waals surface area contributed by atoms with E-state index < -0.39 is 17.7 Å². The molecule has 7 heteroatoms. The second-order valence-electron chi connectivity index (χ2n) is 5.75. The first-order valence-corrected chi connectivity index (χ1v) is 7.62. The number of rotatable bonds is 5. The lowest BCUT2D eigenvalue weighted by Gasteiger charge is -2.29. The van der Waals surface area contributed by atoms with E-state index in [1.54, 1.807) is 42.7 Å². The van der Waals surface area contributed by atoms with Crippen LogP contribution in [0.2, 0.25) is 0 Å².